The molecule has 29 heavy (non-hydrogen) atoms. The fraction of sp³-hybridized carbons (Fsp3) is 0.375. The molecule has 0 saturated carbocycles. The van der Waals surface area contributed by atoms with Crippen LogP contribution >= 0.6 is 0 Å². The summed E-state index contributed by atoms with van der Waals surface area (Å²) < 4.78 is 11.0. The smallest absolute Gasteiger partial charge is 0.220 e. The van der Waals surface area contributed by atoms with Crippen LogP contribution in [0.2, 0.25) is 0 Å². The van der Waals surface area contributed by atoms with Gasteiger partial charge >= 0.3 is 0 Å². The number of nitrogens with one attached hydrogen (secondary N) is 2. The number of benzene rings is 2. The van der Waals surface area contributed by atoms with Crippen LogP contribution in [0.25, 0.3) is 10.9 Å². The van der Waals surface area contributed by atoms with E-state index in [-0.39, 0.29) is 11.8 Å². The van der Waals surface area contributed by atoms with E-state index in [4.69, 9.17) is 9.47 Å². The fourth-order valence-electron chi connectivity index (χ4n) is 3.63. The molecule has 1 aromatic heterocycles. The van der Waals surface area contributed by atoms with Crippen LogP contribution in [0.4, 0.5) is 0 Å². The second-order valence-corrected chi connectivity index (χ2v) is 7.69. The highest BCUT2D eigenvalue weighted by atomic mass is 16.5. The Morgan fingerprint density at radius 2 is 1.86 bits per heavy atom. The molecule has 5 heteroatoms. The van der Waals surface area contributed by atoms with Crippen LogP contribution in [0, 0.1) is 5.92 Å². The van der Waals surface area contributed by atoms with Gasteiger partial charge in [-0.05, 0) is 30.0 Å². The normalized spacial score (nSPS) is 12.2. The van der Waals surface area contributed by atoms with Gasteiger partial charge in [-0.2, -0.15) is 0 Å². The topological polar surface area (TPSA) is 63.3 Å². The molecule has 0 radical (unpaired) electrons. The number of hydrogen-bond donors (Lipinski definition) is 2. The average Bonchev–Trinajstić information content (AvgIpc) is 3.15. The Kier molecular flexibility index (Phi) is 6.81. The van der Waals surface area contributed by atoms with Crippen molar-refractivity contribution >= 4 is 16.8 Å². The lowest BCUT2D eigenvalue weighted by atomic mass is 9.87. The van der Waals surface area contributed by atoms with Crippen molar-refractivity contribution in [2.45, 2.75) is 32.6 Å². The number of rotatable bonds is 9. The van der Waals surface area contributed by atoms with Crippen molar-refractivity contribution in [2.75, 3.05) is 20.8 Å². The number of carbonyl (C=O) groups is 1. The Morgan fingerprint density at radius 1 is 1.07 bits per heavy atom. The molecule has 0 saturated heterocycles. The summed E-state index contributed by atoms with van der Waals surface area (Å²) in [5.74, 6) is 1.91. The van der Waals surface area contributed by atoms with Crippen LogP contribution in [0.1, 0.15) is 43.7 Å². The molecule has 0 bridgehead atoms. The van der Waals surface area contributed by atoms with Gasteiger partial charge in [-0.25, -0.2) is 0 Å². The number of aromatic nitrogens is 1. The Labute approximate surface area is 172 Å². The van der Waals surface area contributed by atoms with Crippen LogP contribution in [0.3, 0.4) is 0 Å². The van der Waals surface area contributed by atoms with E-state index in [0.29, 0.717) is 18.9 Å². The molecule has 0 aliphatic carbocycles. The molecule has 1 atom stereocenters. The largest absolute Gasteiger partial charge is 0.497 e. The highest BCUT2D eigenvalue weighted by Crippen LogP contribution is 2.39. The number of carbonyl (C=O) groups excluding carboxylic acids is 1. The first-order valence-electron chi connectivity index (χ1n) is 10.1. The van der Waals surface area contributed by atoms with Gasteiger partial charge in [-0.15, -0.1) is 0 Å². The summed E-state index contributed by atoms with van der Waals surface area (Å²) in [6.07, 6.45) is 3.32. The van der Waals surface area contributed by atoms with Gasteiger partial charge in [0.25, 0.3) is 0 Å². The summed E-state index contributed by atoms with van der Waals surface area (Å²) in [6, 6.07) is 13.9. The van der Waals surface area contributed by atoms with Crippen LogP contribution in [-0.4, -0.2) is 31.7 Å². The number of H-pyrrole nitrogens is 1. The molecule has 0 aliphatic rings. The van der Waals surface area contributed by atoms with Gasteiger partial charge in [-0.3, -0.25) is 4.79 Å². The molecule has 0 spiro atoms. The van der Waals surface area contributed by atoms with Crippen LogP contribution < -0.4 is 14.8 Å². The first-order valence-corrected chi connectivity index (χ1v) is 10.1. The van der Waals surface area contributed by atoms with Crippen molar-refractivity contribution in [3.8, 4) is 11.5 Å². The Bertz CT molecular complexity index is 962. The van der Waals surface area contributed by atoms with E-state index in [1.54, 1.807) is 14.2 Å². The number of ether oxygens (including phenoxy) is 2. The molecular weight excluding hydrogens is 364 g/mol. The van der Waals surface area contributed by atoms with Gasteiger partial charge in [0.2, 0.25) is 5.91 Å². The molecular formula is C24H30N2O3. The Balaban J connectivity index is 1.97. The molecule has 0 unspecified atom stereocenters. The van der Waals surface area contributed by atoms with Crippen LogP contribution in [0.15, 0.2) is 48.7 Å². The van der Waals surface area contributed by atoms with Gasteiger partial charge in [0.1, 0.15) is 11.5 Å². The van der Waals surface area contributed by atoms with Gasteiger partial charge in [-0.1, -0.05) is 38.1 Å². The molecule has 2 aromatic carbocycles. The van der Waals surface area contributed by atoms with Crippen molar-refractivity contribution < 1.29 is 14.3 Å². The van der Waals surface area contributed by atoms with Crippen molar-refractivity contribution in [1.82, 2.24) is 10.3 Å². The summed E-state index contributed by atoms with van der Waals surface area (Å²) in [5, 5.41) is 4.19. The van der Waals surface area contributed by atoms with Crippen LogP contribution in [-0.2, 0) is 4.79 Å². The minimum atomic E-state index is -0.133. The molecule has 0 fully saturated rings. The SMILES string of the molecule is COc1ccc([C@H](CC(=O)NCCC(C)C)c2c[nH]c3ccccc23)c(OC)c1. The summed E-state index contributed by atoms with van der Waals surface area (Å²) in [5.41, 5.74) is 3.11. The molecule has 1 amide bonds. The molecule has 2 N–H and O–H groups in total. The summed E-state index contributed by atoms with van der Waals surface area (Å²) in [4.78, 5) is 16.1. The first-order chi connectivity index (χ1) is 14.0. The zero-order valence-electron chi connectivity index (χ0n) is 17.6. The highest BCUT2D eigenvalue weighted by molar-refractivity contribution is 5.86. The molecule has 1 heterocycles. The highest BCUT2D eigenvalue weighted by Gasteiger charge is 2.24. The van der Waals surface area contributed by atoms with Gasteiger partial charge < -0.3 is 19.8 Å². The van der Waals surface area contributed by atoms with E-state index in [1.807, 2.05) is 42.6 Å². The minimum absolute atomic E-state index is 0.0406. The Hall–Kier alpha value is -2.95. The Morgan fingerprint density at radius 3 is 2.59 bits per heavy atom. The molecule has 0 aliphatic heterocycles. The number of fused-ring (bicyclic) bond motifs is 1. The predicted octanol–water partition coefficient (Wildman–Crippen LogP) is 4.87. The lowest BCUT2D eigenvalue weighted by Gasteiger charge is -2.20. The minimum Gasteiger partial charge on any atom is -0.497 e. The molecule has 5 nitrogen and oxygen atoms in total. The van der Waals surface area contributed by atoms with E-state index in [2.05, 4.69) is 30.2 Å². The summed E-state index contributed by atoms with van der Waals surface area (Å²) in [6.45, 7) is 5.00. The van der Waals surface area contributed by atoms with E-state index >= 15 is 0 Å². The maximum Gasteiger partial charge on any atom is 0.220 e. The van der Waals surface area contributed by atoms with Gasteiger partial charge in [0.05, 0.1) is 14.2 Å². The number of methoxy groups -OCH3 is 2. The van der Waals surface area contributed by atoms with Crippen molar-refractivity contribution in [1.29, 1.82) is 0 Å². The summed E-state index contributed by atoms with van der Waals surface area (Å²) >= 11 is 0. The van der Waals surface area contributed by atoms with Gasteiger partial charge in [0.15, 0.2) is 0 Å². The second-order valence-electron chi connectivity index (χ2n) is 7.69. The second kappa shape index (κ2) is 9.50. The van der Waals surface area contributed by atoms with Crippen LogP contribution in [0.5, 0.6) is 11.5 Å². The number of para-hydroxylation sites is 1. The lowest BCUT2D eigenvalue weighted by Crippen LogP contribution is -2.27. The van der Waals surface area contributed by atoms with E-state index < -0.39 is 0 Å². The zero-order chi connectivity index (χ0) is 20.8. The average molecular weight is 395 g/mol. The lowest BCUT2D eigenvalue weighted by molar-refractivity contribution is -0.121. The number of hydrogen-bond acceptors (Lipinski definition) is 3. The van der Waals surface area contributed by atoms with Crippen molar-refractivity contribution in [3.05, 3.63) is 59.8 Å². The van der Waals surface area contributed by atoms with Gasteiger partial charge in [0, 0.05) is 47.6 Å². The number of amides is 1. The molecule has 3 rings (SSSR count). The predicted molar refractivity (Wildman–Crippen MR) is 117 cm³/mol. The standard InChI is InChI=1S/C24H30N2O3/c1-16(2)11-12-25-24(27)14-20(19-10-9-17(28-3)13-23(19)29-4)21-15-26-22-8-6-5-7-18(21)22/h5-10,13,15-16,20,26H,11-12,14H2,1-4H3,(H,25,27)/t20-/m0/s1. The number of aromatic amines is 1. The van der Waals surface area contributed by atoms with E-state index in [1.165, 1.54) is 0 Å². The van der Waals surface area contributed by atoms with Crippen molar-refractivity contribution in [3.63, 3.8) is 0 Å². The maximum atomic E-state index is 12.8. The quantitative estimate of drug-likeness (QED) is 0.544. The summed E-state index contributed by atoms with van der Waals surface area (Å²) in [7, 11) is 3.28. The fourth-order valence-corrected chi connectivity index (χ4v) is 3.63. The maximum absolute atomic E-state index is 12.8. The first kappa shape index (κ1) is 20.8. The molecule has 3 aromatic rings. The van der Waals surface area contributed by atoms with E-state index in [0.717, 1.165) is 39.9 Å². The monoisotopic (exact) mass is 394 g/mol. The molecule has 154 valence electrons. The van der Waals surface area contributed by atoms with Crippen molar-refractivity contribution in [2.24, 2.45) is 5.92 Å². The third-order valence-electron chi connectivity index (χ3n) is 5.25. The van der Waals surface area contributed by atoms with E-state index in [9.17, 15) is 4.79 Å². The third kappa shape index (κ3) is 4.91. The third-order valence-corrected chi connectivity index (χ3v) is 5.25. The zero-order valence-corrected chi connectivity index (χ0v) is 17.6.